The number of hydrogen-bond acceptors (Lipinski definition) is 5. The standard InChI is InChI=1S/C19H30NO2.CH4O4S/c1-5-15(2)18(16-9-7-6-8-10-16)19(21)22-17-11-13-20(3,4)14-12-17;1-5-6(2,3)4/h6-10,15,17-18H,5,11-14H2,1-4H3;1H3,(H,2,3,4)/q+1;. The van der Waals surface area contributed by atoms with E-state index in [4.69, 9.17) is 9.29 Å². The Kier molecular flexibility index (Phi) is 9.56. The summed E-state index contributed by atoms with van der Waals surface area (Å²) in [6.07, 6.45) is 3.01. The fourth-order valence-electron chi connectivity index (χ4n) is 3.19. The fourth-order valence-corrected chi connectivity index (χ4v) is 3.19. The van der Waals surface area contributed by atoms with Gasteiger partial charge in [0.1, 0.15) is 6.10 Å². The Morgan fingerprint density at radius 3 is 2.14 bits per heavy atom. The summed E-state index contributed by atoms with van der Waals surface area (Å²) in [5.41, 5.74) is 1.08. The first-order valence-electron chi connectivity index (χ1n) is 9.59. The first-order chi connectivity index (χ1) is 13.0. The van der Waals surface area contributed by atoms with Crippen LogP contribution in [0.25, 0.3) is 0 Å². The van der Waals surface area contributed by atoms with Gasteiger partial charge >= 0.3 is 16.4 Å². The van der Waals surface area contributed by atoms with Crippen molar-refractivity contribution in [3.8, 4) is 0 Å². The molecule has 1 N–H and O–H groups in total. The molecule has 2 unspecified atom stereocenters. The highest BCUT2D eigenvalue weighted by molar-refractivity contribution is 7.80. The molecule has 1 aliphatic heterocycles. The summed E-state index contributed by atoms with van der Waals surface area (Å²) in [5, 5.41) is 0. The van der Waals surface area contributed by atoms with Crippen LogP contribution in [-0.4, -0.2) is 63.8 Å². The lowest BCUT2D eigenvalue weighted by molar-refractivity contribution is -0.896. The van der Waals surface area contributed by atoms with E-state index in [9.17, 15) is 13.2 Å². The van der Waals surface area contributed by atoms with Crippen LogP contribution >= 0.6 is 0 Å². The highest BCUT2D eigenvalue weighted by atomic mass is 32.3. The summed E-state index contributed by atoms with van der Waals surface area (Å²) in [4.78, 5) is 12.7. The van der Waals surface area contributed by atoms with E-state index >= 15 is 0 Å². The van der Waals surface area contributed by atoms with E-state index in [-0.39, 0.29) is 18.0 Å². The number of piperidine rings is 1. The molecule has 2 rings (SSSR count). The van der Waals surface area contributed by atoms with Crippen molar-refractivity contribution in [2.45, 2.75) is 45.1 Å². The average molecular weight is 417 g/mol. The summed E-state index contributed by atoms with van der Waals surface area (Å²) >= 11 is 0. The van der Waals surface area contributed by atoms with Gasteiger partial charge in [0.2, 0.25) is 0 Å². The number of quaternary nitrogens is 1. The number of benzene rings is 1. The van der Waals surface area contributed by atoms with Gasteiger partial charge in [-0.05, 0) is 11.5 Å². The number of hydrogen-bond donors (Lipinski definition) is 1. The van der Waals surface area contributed by atoms with Crippen LogP contribution in [0.15, 0.2) is 30.3 Å². The van der Waals surface area contributed by atoms with Gasteiger partial charge < -0.3 is 9.22 Å². The summed E-state index contributed by atoms with van der Waals surface area (Å²) < 4.78 is 36.6. The highest BCUT2D eigenvalue weighted by Crippen LogP contribution is 2.30. The van der Waals surface area contributed by atoms with Gasteiger partial charge in [-0.3, -0.25) is 13.5 Å². The van der Waals surface area contributed by atoms with Crippen molar-refractivity contribution in [2.24, 2.45) is 5.92 Å². The Morgan fingerprint density at radius 1 is 1.21 bits per heavy atom. The molecule has 1 aliphatic rings. The number of carbonyl (C=O) groups is 1. The summed E-state index contributed by atoms with van der Waals surface area (Å²) in [6, 6.07) is 10.1. The second-order valence-electron chi connectivity index (χ2n) is 7.89. The number of rotatable bonds is 6. The average Bonchev–Trinajstić information content (AvgIpc) is 2.64. The van der Waals surface area contributed by atoms with Crippen LogP contribution < -0.4 is 0 Å². The third kappa shape index (κ3) is 8.68. The molecule has 0 spiro atoms. The number of carbonyl (C=O) groups excluding carboxylic acids is 1. The van der Waals surface area contributed by atoms with Crippen LogP contribution in [0.1, 0.15) is 44.6 Å². The molecule has 1 aromatic rings. The molecule has 0 aromatic heterocycles. The molecule has 0 aliphatic carbocycles. The maximum absolute atomic E-state index is 12.7. The number of nitrogens with zero attached hydrogens (tertiary/aromatic N) is 1. The van der Waals surface area contributed by atoms with Crippen LogP contribution in [-0.2, 0) is 24.1 Å². The van der Waals surface area contributed by atoms with Gasteiger partial charge in [0, 0.05) is 12.8 Å². The third-order valence-corrected chi connectivity index (χ3v) is 5.65. The molecular weight excluding hydrogens is 382 g/mol. The SMILES string of the molecule is CCC(C)C(C(=O)OC1CC[N+](C)(C)CC1)c1ccccc1.COS(=O)(=O)O. The van der Waals surface area contributed by atoms with Crippen LogP contribution in [0.3, 0.4) is 0 Å². The molecule has 0 radical (unpaired) electrons. The first kappa shape index (κ1) is 24.6. The van der Waals surface area contributed by atoms with Gasteiger partial charge in [-0.1, -0.05) is 50.6 Å². The van der Waals surface area contributed by atoms with E-state index in [2.05, 4.69) is 32.1 Å². The summed E-state index contributed by atoms with van der Waals surface area (Å²) in [7, 11) is 1.19. The van der Waals surface area contributed by atoms with Gasteiger partial charge in [-0.15, -0.1) is 0 Å². The van der Waals surface area contributed by atoms with E-state index in [1.165, 1.54) is 0 Å². The topological polar surface area (TPSA) is 89.9 Å². The Bertz CT molecular complexity index is 695. The minimum Gasteiger partial charge on any atom is -0.461 e. The van der Waals surface area contributed by atoms with Crippen LogP contribution in [0, 0.1) is 5.92 Å². The van der Waals surface area contributed by atoms with E-state index in [1.807, 2.05) is 30.3 Å². The molecule has 28 heavy (non-hydrogen) atoms. The molecule has 1 heterocycles. The minimum absolute atomic E-state index is 0.0437. The molecule has 0 bridgehead atoms. The lowest BCUT2D eigenvalue weighted by Crippen LogP contribution is -2.48. The normalized spacial score (nSPS) is 19.1. The van der Waals surface area contributed by atoms with Gasteiger partial charge in [0.05, 0.1) is 40.2 Å². The number of esters is 1. The highest BCUT2D eigenvalue weighted by Gasteiger charge is 2.33. The molecule has 0 amide bonds. The van der Waals surface area contributed by atoms with Crippen molar-refractivity contribution in [1.29, 1.82) is 0 Å². The molecule has 7 nitrogen and oxygen atoms in total. The van der Waals surface area contributed by atoms with Crippen molar-refractivity contribution in [1.82, 2.24) is 0 Å². The minimum atomic E-state index is -4.16. The Hall–Kier alpha value is -1.48. The second-order valence-corrected chi connectivity index (χ2v) is 9.08. The van der Waals surface area contributed by atoms with Crippen molar-refractivity contribution in [3.05, 3.63) is 35.9 Å². The van der Waals surface area contributed by atoms with Gasteiger partial charge in [0.15, 0.2) is 0 Å². The zero-order valence-corrected chi connectivity index (χ0v) is 18.3. The summed E-state index contributed by atoms with van der Waals surface area (Å²) in [5.74, 6) is 0.110. The van der Waals surface area contributed by atoms with Gasteiger partial charge in [-0.2, -0.15) is 8.42 Å². The Balaban J connectivity index is 0.000000568. The molecular formula is C20H34NO6S+. The fraction of sp³-hybridized carbons (Fsp3) is 0.650. The van der Waals surface area contributed by atoms with Gasteiger partial charge in [0.25, 0.3) is 0 Å². The van der Waals surface area contributed by atoms with Crippen molar-refractivity contribution < 1.29 is 31.2 Å². The predicted octanol–water partition coefficient (Wildman–Crippen LogP) is 3.03. The Labute approximate surface area is 169 Å². The van der Waals surface area contributed by atoms with Crippen LogP contribution in [0.2, 0.25) is 0 Å². The molecule has 0 saturated carbocycles. The molecule has 160 valence electrons. The number of ether oxygens (including phenoxy) is 1. The van der Waals surface area contributed by atoms with E-state index in [0.29, 0.717) is 5.92 Å². The smallest absolute Gasteiger partial charge is 0.397 e. The zero-order chi connectivity index (χ0) is 21.4. The van der Waals surface area contributed by atoms with Gasteiger partial charge in [-0.25, -0.2) is 0 Å². The Morgan fingerprint density at radius 2 is 1.71 bits per heavy atom. The largest absolute Gasteiger partial charge is 0.461 e. The third-order valence-electron chi connectivity index (χ3n) is 5.23. The van der Waals surface area contributed by atoms with Crippen LogP contribution in [0.4, 0.5) is 0 Å². The van der Waals surface area contributed by atoms with E-state index < -0.39 is 10.4 Å². The molecule has 8 heteroatoms. The van der Waals surface area contributed by atoms with E-state index in [0.717, 1.165) is 49.5 Å². The maximum Gasteiger partial charge on any atom is 0.397 e. The number of likely N-dealkylation sites (tertiary alicyclic amines) is 1. The predicted molar refractivity (Wildman–Crippen MR) is 108 cm³/mol. The first-order valence-corrected chi connectivity index (χ1v) is 11.0. The lowest BCUT2D eigenvalue weighted by Gasteiger charge is -2.37. The lowest BCUT2D eigenvalue weighted by atomic mass is 9.85. The maximum atomic E-state index is 12.7. The second kappa shape index (κ2) is 10.9. The van der Waals surface area contributed by atoms with E-state index in [1.54, 1.807) is 0 Å². The monoisotopic (exact) mass is 416 g/mol. The molecule has 2 atom stereocenters. The van der Waals surface area contributed by atoms with Crippen molar-refractivity contribution in [2.75, 3.05) is 34.3 Å². The van der Waals surface area contributed by atoms with Crippen molar-refractivity contribution in [3.63, 3.8) is 0 Å². The zero-order valence-electron chi connectivity index (χ0n) is 17.5. The quantitative estimate of drug-likeness (QED) is 0.436. The molecule has 1 aromatic carbocycles. The molecule has 1 saturated heterocycles. The van der Waals surface area contributed by atoms with Crippen LogP contribution in [0.5, 0.6) is 0 Å². The molecule has 1 fully saturated rings. The summed E-state index contributed by atoms with van der Waals surface area (Å²) in [6.45, 7) is 6.43. The van der Waals surface area contributed by atoms with Crippen molar-refractivity contribution >= 4 is 16.4 Å².